The predicted octanol–water partition coefficient (Wildman–Crippen LogP) is 2.33. The number of rotatable bonds is 4. The first-order chi connectivity index (χ1) is 13.8. The summed E-state index contributed by atoms with van der Waals surface area (Å²) in [5, 5.41) is 2.54. The predicted molar refractivity (Wildman–Crippen MR) is 103 cm³/mol. The van der Waals surface area contributed by atoms with Gasteiger partial charge < -0.3 is 15.1 Å². The molecule has 1 fully saturated rings. The lowest BCUT2D eigenvalue weighted by molar-refractivity contribution is -0.131. The average molecular weight is 422 g/mol. The highest BCUT2D eigenvalue weighted by Gasteiger charge is 2.26. The lowest BCUT2D eigenvalue weighted by Crippen LogP contribution is -2.52. The summed E-state index contributed by atoms with van der Waals surface area (Å²) in [4.78, 5) is 39.9. The molecule has 2 aromatic carbocycles. The Hall–Kier alpha value is -3.00. The number of hydrogen-bond donors (Lipinski definition) is 1. The minimum Gasteiger partial charge on any atom is -0.343 e. The van der Waals surface area contributed by atoms with Gasteiger partial charge in [0.25, 0.3) is 11.8 Å². The van der Waals surface area contributed by atoms with Crippen LogP contribution in [-0.4, -0.2) is 60.2 Å². The molecule has 3 amide bonds. The molecule has 1 heterocycles. The Morgan fingerprint density at radius 3 is 2.10 bits per heavy atom. The number of amides is 3. The van der Waals surface area contributed by atoms with Gasteiger partial charge in [-0.1, -0.05) is 11.6 Å². The number of hydrogen-bond acceptors (Lipinski definition) is 3. The van der Waals surface area contributed by atoms with Crippen molar-refractivity contribution in [1.82, 2.24) is 15.1 Å². The summed E-state index contributed by atoms with van der Waals surface area (Å²) in [5.41, 5.74) is 0.463. The van der Waals surface area contributed by atoms with Crippen LogP contribution in [0, 0.1) is 11.6 Å². The number of nitrogens with zero attached hydrogens (tertiary/aromatic N) is 2. The lowest BCUT2D eigenvalue weighted by atomic mass is 10.1. The van der Waals surface area contributed by atoms with Crippen LogP contribution in [0.4, 0.5) is 8.78 Å². The fraction of sp³-hybridized carbons (Fsp3) is 0.250. The van der Waals surface area contributed by atoms with E-state index in [1.165, 1.54) is 36.4 Å². The molecule has 1 aliphatic heterocycles. The number of nitrogens with one attached hydrogen (secondary N) is 1. The molecule has 0 bridgehead atoms. The molecule has 0 aromatic heterocycles. The highest BCUT2D eigenvalue weighted by atomic mass is 35.5. The molecule has 0 aliphatic carbocycles. The van der Waals surface area contributed by atoms with Crippen molar-refractivity contribution in [2.24, 2.45) is 0 Å². The van der Waals surface area contributed by atoms with Gasteiger partial charge in [0.15, 0.2) is 0 Å². The third-order valence-electron chi connectivity index (χ3n) is 4.59. The van der Waals surface area contributed by atoms with E-state index in [0.717, 1.165) is 6.07 Å². The van der Waals surface area contributed by atoms with Crippen molar-refractivity contribution in [2.45, 2.75) is 0 Å². The van der Waals surface area contributed by atoms with Crippen molar-refractivity contribution in [3.05, 3.63) is 70.2 Å². The van der Waals surface area contributed by atoms with Crippen LogP contribution in [0.15, 0.2) is 42.5 Å². The van der Waals surface area contributed by atoms with E-state index in [-0.39, 0.29) is 34.5 Å². The van der Waals surface area contributed by atoms with Crippen LogP contribution >= 0.6 is 11.6 Å². The van der Waals surface area contributed by atoms with Gasteiger partial charge in [-0.3, -0.25) is 14.4 Å². The maximum absolute atomic E-state index is 13.1. The summed E-state index contributed by atoms with van der Waals surface area (Å²) in [6.45, 7) is 0.994. The molecule has 152 valence electrons. The number of carbonyl (C=O) groups excluding carboxylic acids is 3. The molecule has 0 saturated carbocycles. The Kier molecular flexibility index (Phi) is 6.43. The van der Waals surface area contributed by atoms with Gasteiger partial charge in [-0.05, 0) is 42.5 Å². The second-order valence-electron chi connectivity index (χ2n) is 6.49. The van der Waals surface area contributed by atoms with Crippen LogP contribution in [-0.2, 0) is 4.79 Å². The van der Waals surface area contributed by atoms with Gasteiger partial charge in [-0.25, -0.2) is 8.78 Å². The second-order valence-corrected chi connectivity index (χ2v) is 6.89. The van der Waals surface area contributed by atoms with Gasteiger partial charge in [-0.15, -0.1) is 0 Å². The molecule has 6 nitrogen and oxygen atoms in total. The van der Waals surface area contributed by atoms with E-state index in [4.69, 9.17) is 11.6 Å². The first-order valence-electron chi connectivity index (χ1n) is 8.91. The van der Waals surface area contributed by atoms with Crippen molar-refractivity contribution in [3.8, 4) is 0 Å². The van der Waals surface area contributed by atoms with Crippen LogP contribution in [0.25, 0.3) is 0 Å². The molecule has 29 heavy (non-hydrogen) atoms. The van der Waals surface area contributed by atoms with Crippen molar-refractivity contribution in [1.29, 1.82) is 0 Å². The summed E-state index contributed by atoms with van der Waals surface area (Å²) >= 11 is 5.94. The second kappa shape index (κ2) is 9.00. The highest BCUT2D eigenvalue weighted by molar-refractivity contribution is 6.33. The molecule has 9 heteroatoms. The van der Waals surface area contributed by atoms with Crippen molar-refractivity contribution >= 4 is 29.3 Å². The number of halogens is 3. The Morgan fingerprint density at radius 2 is 1.48 bits per heavy atom. The van der Waals surface area contributed by atoms with Crippen LogP contribution in [0.2, 0.25) is 5.02 Å². The normalized spacial score (nSPS) is 13.9. The van der Waals surface area contributed by atoms with Crippen LogP contribution in [0.3, 0.4) is 0 Å². The van der Waals surface area contributed by atoms with Gasteiger partial charge in [0.05, 0.1) is 17.1 Å². The zero-order valence-corrected chi connectivity index (χ0v) is 16.1. The fourth-order valence-corrected chi connectivity index (χ4v) is 3.21. The molecule has 1 N–H and O–H groups in total. The maximum atomic E-state index is 13.1. The molecule has 0 radical (unpaired) electrons. The first kappa shape index (κ1) is 20.7. The third kappa shape index (κ3) is 5.08. The summed E-state index contributed by atoms with van der Waals surface area (Å²) in [6, 6.07) is 8.59. The van der Waals surface area contributed by atoms with Crippen molar-refractivity contribution in [3.63, 3.8) is 0 Å². The van der Waals surface area contributed by atoms with E-state index in [2.05, 4.69) is 5.32 Å². The number of piperazine rings is 1. The molecule has 3 rings (SSSR count). The van der Waals surface area contributed by atoms with Crippen LogP contribution in [0.1, 0.15) is 20.7 Å². The summed E-state index contributed by atoms with van der Waals surface area (Å²) in [6.07, 6.45) is 0. The standard InChI is InChI=1S/C20H18ClF2N3O3/c21-17-11-15(23)5-6-16(17)20(29)26-9-7-25(8-10-26)18(27)12-24-19(28)13-1-3-14(22)4-2-13/h1-6,11H,7-10,12H2,(H,24,28). The Bertz CT molecular complexity index is 929. The van der Waals surface area contributed by atoms with E-state index >= 15 is 0 Å². The molecular weight excluding hydrogens is 404 g/mol. The van der Waals surface area contributed by atoms with E-state index in [1.54, 1.807) is 9.80 Å². The molecule has 0 spiro atoms. The molecule has 0 unspecified atom stereocenters. The monoisotopic (exact) mass is 421 g/mol. The average Bonchev–Trinajstić information content (AvgIpc) is 2.72. The Morgan fingerprint density at radius 1 is 0.897 bits per heavy atom. The van der Waals surface area contributed by atoms with Crippen LogP contribution < -0.4 is 5.32 Å². The fourth-order valence-electron chi connectivity index (χ4n) is 2.96. The SMILES string of the molecule is O=C(NCC(=O)N1CCN(C(=O)c2ccc(F)cc2Cl)CC1)c1ccc(F)cc1. The summed E-state index contributed by atoms with van der Waals surface area (Å²) in [5.74, 6) is -2.06. The van der Waals surface area contributed by atoms with E-state index in [1.807, 2.05) is 0 Å². The zero-order chi connectivity index (χ0) is 21.0. The third-order valence-corrected chi connectivity index (χ3v) is 4.90. The topological polar surface area (TPSA) is 69.7 Å². The Labute approximate surface area is 171 Å². The van der Waals surface area contributed by atoms with Crippen molar-refractivity contribution in [2.75, 3.05) is 32.7 Å². The minimum atomic E-state index is -0.523. The van der Waals surface area contributed by atoms with Gasteiger partial charge in [0, 0.05) is 31.7 Å². The summed E-state index contributed by atoms with van der Waals surface area (Å²) < 4.78 is 26.0. The molecule has 0 atom stereocenters. The van der Waals surface area contributed by atoms with Gasteiger partial charge in [0.1, 0.15) is 11.6 Å². The number of benzene rings is 2. The molecule has 1 saturated heterocycles. The largest absolute Gasteiger partial charge is 0.343 e. The van der Waals surface area contributed by atoms with Gasteiger partial charge in [0.2, 0.25) is 5.91 Å². The van der Waals surface area contributed by atoms with Crippen molar-refractivity contribution < 1.29 is 23.2 Å². The van der Waals surface area contributed by atoms with Gasteiger partial charge >= 0.3 is 0 Å². The first-order valence-corrected chi connectivity index (χ1v) is 9.29. The van der Waals surface area contributed by atoms with Crippen LogP contribution in [0.5, 0.6) is 0 Å². The minimum absolute atomic E-state index is 0.0389. The molecule has 2 aromatic rings. The van der Waals surface area contributed by atoms with E-state index < -0.39 is 17.5 Å². The zero-order valence-electron chi connectivity index (χ0n) is 15.3. The number of carbonyl (C=O) groups is 3. The quantitative estimate of drug-likeness (QED) is 0.823. The molecule has 1 aliphatic rings. The van der Waals surface area contributed by atoms with E-state index in [0.29, 0.717) is 26.2 Å². The smallest absolute Gasteiger partial charge is 0.255 e. The van der Waals surface area contributed by atoms with E-state index in [9.17, 15) is 23.2 Å². The molecular formula is C20H18ClF2N3O3. The summed E-state index contributed by atoms with van der Waals surface area (Å²) in [7, 11) is 0. The van der Waals surface area contributed by atoms with Gasteiger partial charge in [-0.2, -0.15) is 0 Å². The maximum Gasteiger partial charge on any atom is 0.255 e. The lowest BCUT2D eigenvalue weighted by Gasteiger charge is -2.35. The Balaban J connectivity index is 1.49. The highest BCUT2D eigenvalue weighted by Crippen LogP contribution is 2.20.